The van der Waals surface area contributed by atoms with Crippen molar-refractivity contribution in [2.75, 3.05) is 26.3 Å². The van der Waals surface area contributed by atoms with Crippen molar-refractivity contribution in [3.63, 3.8) is 0 Å². The maximum Gasteiger partial charge on any atom is 0.310 e. The van der Waals surface area contributed by atoms with Gasteiger partial charge in [-0.25, -0.2) is 4.39 Å². The molecule has 0 radical (unpaired) electrons. The second-order valence-electron chi connectivity index (χ2n) is 5.87. The Morgan fingerprint density at radius 2 is 1.77 bits per heavy atom. The zero-order valence-corrected chi connectivity index (χ0v) is 16.1. The number of benzene rings is 1. The lowest BCUT2D eigenvalue weighted by molar-refractivity contribution is -0.146. The number of likely N-dealkylation sites (N-methyl/N-ethyl adjacent to an activating group) is 1. The summed E-state index contributed by atoms with van der Waals surface area (Å²) in [6.45, 7) is 10.1. The number of halogens is 1. The van der Waals surface area contributed by atoms with Crippen LogP contribution in [0.4, 0.5) is 4.39 Å². The summed E-state index contributed by atoms with van der Waals surface area (Å²) in [4.78, 5) is 25.4. The van der Waals surface area contributed by atoms with Crippen LogP contribution in [0.15, 0.2) is 12.1 Å². The average Bonchev–Trinajstić information content (AvgIpc) is 2.58. The lowest BCUT2D eigenvalue weighted by atomic mass is 10.1. The molecule has 0 aliphatic carbocycles. The summed E-state index contributed by atoms with van der Waals surface area (Å²) in [6, 6.07) is 2.94. The first-order valence-corrected chi connectivity index (χ1v) is 8.88. The molecule has 0 saturated carbocycles. The molecule has 1 amide bonds. The van der Waals surface area contributed by atoms with Gasteiger partial charge in [-0.15, -0.1) is 0 Å². The minimum absolute atomic E-state index is 0.102. The van der Waals surface area contributed by atoms with Gasteiger partial charge in [0.05, 0.1) is 19.1 Å². The number of amides is 1. The van der Waals surface area contributed by atoms with Gasteiger partial charge in [0.25, 0.3) is 5.91 Å². The lowest BCUT2D eigenvalue weighted by Crippen LogP contribution is -2.34. The average molecular weight is 369 g/mol. The van der Waals surface area contributed by atoms with Crippen molar-refractivity contribution in [3.8, 4) is 11.5 Å². The van der Waals surface area contributed by atoms with Crippen molar-refractivity contribution >= 4 is 11.9 Å². The van der Waals surface area contributed by atoms with E-state index in [1.165, 1.54) is 12.1 Å². The Bertz CT molecular complexity index is 614. The smallest absolute Gasteiger partial charge is 0.310 e. The van der Waals surface area contributed by atoms with Crippen LogP contribution < -0.4 is 9.47 Å². The molecule has 0 N–H and O–H groups in total. The van der Waals surface area contributed by atoms with Crippen molar-refractivity contribution in [1.82, 2.24) is 4.90 Å². The molecule has 1 aromatic carbocycles. The van der Waals surface area contributed by atoms with E-state index in [1.807, 2.05) is 13.8 Å². The van der Waals surface area contributed by atoms with E-state index < -0.39 is 11.8 Å². The largest absolute Gasteiger partial charge is 0.487 e. The van der Waals surface area contributed by atoms with Crippen LogP contribution in [0.5, 0.6) is 11.5 Å². The van der Waals surface area contributed by atoms with Crippen LogP contribution in [-0.2, 0) is 20.7 Å². The van der Waals surface area contributed by atoms with Crippen LogP contribution >= 0.6 is 0 Å². The number of hydrogen-bond donors (Lipinski definition) is 0. The molecule has 0 fully saturated rings. The summed E-state index contributed by atoms with van der Waals surface area (Å²) in [6.07, 6.45) is -0.478. The fourth-order valence-corrected chi connectivity index (χ4v) is 2.38. The molecule has 26 heavy (non-hydrogen) atoms. The number of carbonyl (C=O) groups is 2. The Kier molecular flexibility index (Phi) is 8.88. The van der Waals surface area contributed by atoms with E-state index in [2.05, 4.69) is 0 Å². The van der Waals surface area contributed by atoms with E-state index in [-0.39, 0.29) is 48.7 Å². The quantitative estimate of drug-likeness (QED) is 0.593. The Morgan fingerprint density at radius 1 is 1.12 bits per heavy atom. The maximum absolute atomic E-state index is 14.7. The first kappa shape index (κ1) is 21.7. The molecule has 0 heterocycles. The standard InChI is InChI=1S/C19H28FNO5/c1-6-21(7-2)16(22)12-25-15-10-9-14(11-17(23)26-13(4)5)18(20)19(15)24-8-3/h9-10,13H,6-8,11-12H2,1-5H3. The first-order valence-electron chi connectivity index (χ1n) is 8.88. The molecule has 0 bridgehead atoms. The zero-order valence-electron chi connectivity index (χ0n) is 16.1. The molecule has 7 heteroatoms. The van der Waals surface area contributed by atoms with Crippen LogP contribution in [-0.4, -0.2) is 49.2 Å². The Hall–Kier alpha value is -2.31. The van der Waals surface area contributed by atoms with Crippen LogP contribution in [0.2, 0.25) is 0 Å². The van der Waals surface area contributed by atoms with Crippen LogP contribution in [0.25, 0.3) is 0 Å². The predicted octanol–water partition coefficient (Wildman–Crippen LogP) is 2.97. The molecule has 1 aromatic rings. The molecular formula is C19H28FNO5. The highest BCUT2D eigenvalue weighted by Crippen LogP contribution is 2.33. The fraction of sp³-hybridized carbons (Fsp3) is 0.579. The van der Waals surface area contributed by atoms with Gasteiger partial charge in [-0.2, -0.15) is 0 Å². The third-order valence-corrected chi connectivity index (χ3v) is 3.60. The zero-order chi connectivity index (χ0) is 19.7. The maximum atomic E-state index is 14.7. The van der Waals surface area contributed by atoms with E-state index >= 15 is 0 Å². The van der Waals surface area contributed by atoms with Crippen molar-refractivity contribution in [3.05, 3.63) is 23.5 Å². The third-order valence-electron chi connectivity index (χ3n) is 3.60. The highest BCUT2D eigenvalue weighted by Gasteiger charge is 2.20. The predicted molar refractivity (Wildman–Crippen MR) is 95.9 cm³/mol. The van der Waals surface area contributed by atoms with Gasteiger partial charge in [-0.1, -0.05) is 6.07 Å². The van der Waals surface area contributed by atoms with Gasteiger partial charge < -0.3 is 19.1 Å². The number of rotatable bonds is 10. The third kappa shape index (κ3) is 6.20. The summed E-state index contributed by atoms with van der Waals surface area (Å²) in [5.41, 5.74) is 0.154. The molecule has 1 rings (SSSR count). The summed E-state index contributed by atoms with van der Waals surface area (Å²) >= 11 is 0. The second-order valence-corrected chi connectivity index (χ2v) is 5.87. The topological polar surface area (TPSA) is 65.1 Å². The van der Waals surface area contributed by atoms with Crippen molar-refractivity contribution in [2.24, 2.45) is 0 Å². The van der Waals surface area contributed by atoms with E-state index in [0.29, 0.717) is 13.1 Å². The summed E-state index contributed by atoms with van der Waals surface area (Å²) in [7, 11) is 0. The monoisotopic (exact) mass is 369 g/mol. The Morgan fingerprint density at radius 3 is 2.31 bits per heavy atom. The van der Waals surface area contributed by atoms with Gasteiger partial charge in [-0.3, -0.25) is 9.59 Å². The van der Waals surface area contributed by atoms with Gasteiger partial charge in [0.1, 0.15) is 0 Å². The number of hydrogen-bond acceptors (Lipinski definition) is 5. The highest BCUT2D eigenvalue weighted by atomic mass is 19.1. The molecule has 146 valence electrons. The van der Waals surface area contributed by atoms with Crippen LogP contribution in [0.3, 0.4) is 0 Å². The highest BCUT2D eigenvalue weighted by molar-refractivity contribution is 5.78. The van der Waals surface area contributed by atoms with E-state index in [9.17, 15) is 14.0 Å². The van der Waals surface area contributed by atoms with Crippen molar-refractivity contribution in [2.45, 2.75) is 47.1 Å². The lowest BCUT2D eigenvalue weighted by Gasteiger charge is -2.20. The number of esters is 1. The Balaban J connectivity index is 2.94. The van der Waals surface area contributed by atoms with Crippen LogP contribution in [0, 0.1) is 5.82 Å². The number of ether oxygens (including phenoxy) is 3. The van der Waals surface area contributed by atoms with E-state index in [1.54, 1.807) is 25.7 Å². The number of carbonyl (C=O) groups excluding carboxylic acids is 2. The van der Waals surface area contributed by atoms with E-state index in [4.69, 9.17) is 14.2 Å². The molecule has 0 aromatic heterocycles. The molecule has 0 atom stereocenters. The van der Waals surface area contributed by atoms with Gasteiger partial charge in [0, 0.05) is 18.7 Å². The number of nitrogens with zero attached hydrogens (tertiary/aromatic N) is 1. The van der Waals surface area contributed by atoms with E-state index in [0.717, 1.165) is 0 Å². The molecule has 6 nitrogen and oxygen atoms in total. The molecule has 0 aliphatic heterocycles. The summed E-state index contributed by atoms with van der Waals surface area (Å²) in [5.74, 6) is -1.37. The minimum atomic E-state index is -0.680. The second kappa shape index (κ2) is 10.6. The summed E-state index contributed by atoms with van der Waals surface area (Å²) < 4.78 is 30.6. The molecule has 0 spiro atoms. The SMILES string of the molecule is CCOc1c(OCC(=O)N(CC)CC)ccc(CC(=O)OC(C)C)c1F. The summed E-state index contributed by atoms with van der Waals surface area (Å²) in [5, 5.41) is 0. The molecule has 0 aliphatic rings. The van der Waals surface area contributed by atoms with Gasteiger partial charge in [0.15, 0.2) is 23.9 Å². The normalized spacial score (nSPS) is 10.6. The van der Waals surface area contributed by atoms with Gasteiger partial charge in [-0.05, 0) is 40.7 Å². The fourth-order valence-electron chi connectivity index (χ4n) is 2.38. The molecule has 0 saturated heterocycles. The van der Waals surface area contributed by atoms with Crippen LogP contribution in [0.1, 0.15) is 40.2 Å². The van der Waals surface area contributed by atoms with Crippen molar-refractivity contribution in [1.29, 1.82) is 0 Å². The Labute approximate surface area is 154 Å². The molecule has 0 unspecified atom stereocenters. The van der Waals surface area contributed by atoms with Gasteiger partial charge >= 0.3 is 5.97 Å². The van der Waals surface area contributed by atoms with Crippen molar-refractivity contribution < 1.29 is 28.2 Å². The first-order chi connectivity index (χ1) is 12.3. The van der Waals surface area contributed by atoms with Gasteiger partial charge in [0.2, 0.25) is 0 Å². The molecular weight excluding hydrogens is 341 g/mol. The minimum Gasteiger partial charge on any atom is -0.487 e.